The molecule has 0 saturated heterocycles. The van der Waals surface area contributed by atoms with Gasteiger partial charge in [0.05, 0.1) is 11.0 Å². The predicted octanol–water partition coefficient (Wildman–Crippen LogP) is 2.67. The maximum Gasteiger partial charge on any atom is 0.273 e. The van der Waals surface area contributed by atoms with Crippen LogP contribution in [0.1, 0.15) is 18.9 Å². The number of rotatable bonds is 4. The van der Waals surface area contributed by atoms with Gasteiger partial charge in [-0.05, 0) is 12.5 Å². The molecule has 1 atom stereocenters. The number of nitro groups is 1. The Kier molecular flexibility index (Phi) is 4.23. The topological polar surface area (TPSA) is 63.4 Å². The number of nitro benzene ring substituents is 1. The van der Waals surface area contributed by atoms with Gasteiger partial charge in [0, 0.05) is 22.5 Å². The number of halogens is 1. The quantitative estimate of drug-likeness (QED) is 0.678. The Balaban J connectivity index is 3.01. The molecule has 0 spiro atoms. The van der Waals surface area contributed by atoms with Crippen molar-refractivity contribution in [2.24, 2.45) is 0 Å². The Morgan fingerprint density at radius 1 is 1.60 bits per heavy atom. The zero-order valence-electron chi connectivity index (χ0n) is 8.31. The van der Waals surface area contributed by atoms with E-state index in [1.165, 1.54) is 6.07 Å². The van der Waals surface area contributed by atoms with E-state index in [0.717, 1.165) is 0 Å². The molecule has 1 aromatic carbocycles. The molecule has 0 saturated carbocycles. The van der Waals surface area contributed by atoms with Crippen LogP contribution in [0.3, 0.4) is 0 Å². The summed E-state index contributed by atoms with van der Waals surface area (Å²) in [7, 11) is 0. The molecule has 1 rings (SSSR count). The molecule has 5 heteroatoms. The van der Waals surface area contributed by atoms with Crippen LogP contribution in [-0.2, 0) is 6.42 Å². The van der Waals surface area contributed by atoms with Gasteiger partial charge in [0.1, 0.15) is 0 Å². The van der Waals surface area contributed by atoms with Crippen molar-refractivity contribution in [2.45, 2.75) is 25.9 Å². The summed E-state index contributed by atoms with van der Waals surface area (Å²) in [5.74, 6) is 0. The Bertz CT molecular complexity index is 368. The van der Waals surface area contributed by atoms with Crippen LogP contribution >= 0.6 is 15.9 Å². The maximum atomic E-state index is 10.7. The standard InChI is InChI=1S/C10H12BrNO3/c1-2-9(13)5-7-3-4-8(11)6-10(7)12(14)15/h3-4,6,9,13H,2,5H2,1H3. The highest BCUT2D eigenvalue weighted by Gasteiger charge is 2.16. The fraction of sp³-hybridized carbons (Fsp3) is 0.400. The largest absolute Gasteiger partial charge is 0.393 e. The highest BCUT2D eigenvalue weighted by atomic mass is 79.9. The van der Waals surface area contributed by atoms with E-state index in [-0.39, 0.29) is 5.69 Å². The average molecular weight is 274 g/mol. The first-order chi connectivity index (χ1) is 7.04. The van der Waals surface area contributed by atoms with Gasteiger partial charge in [-0.25, -0.2) is 0 Å². The molecule has 0 aliphatic heterocycles. The van der Waals surface area contributed by atoms with Gasteiger partial charge in [-0.15, -0.1) is 0 Å². The minimum absolute atomic E-state index is 0.0527. The molecule has 0 fully saturated rings. The zero-order valence-corrected chi connectivity index (χ0v) is 9.90. The van der Waals surface area contributed by atoms with Crippen molar-refractivity contribution in [2.75, 3.05) is 0 Å². The van der Waals surface area contributed by atoms with Crippen LogP contribution in [0, 0.1) is 10.1 Å². The van der Waals surface area contributed by atoms with Crippen LogP contribution in [0.2, 0.25) is 0 Å². The smallest absolute Gasteiger partial charge is 0.273 e. The fourth-order valence-corrected chi connectivity index (χ4v) is 1.63. The van der Waals surface area contributed by atoms with E-state index >= 15 is 0 Å². The van der Waals surface area contributed by atoms with E-state index < -0.39 is 11.0 Å². The predicted molar refractivity (Wildman–Crippen MR) is 60.8 cm³/mol. The van der Waals surface area contributed by atoms with Crippen LogP contribution in [0.5, 0.6) is 0 Å². The van der Waals surface area contributed by atoms with Gasteiger partial charge in [0.25, 0.3) is 5.69 Å². The Morgan fingerprint density at radius 2 is 2.27 bits per heavy atom. The summed E-state index contributed by atoms with van der Waals surface area (Å²) in [6, 6.07) is 4.86. The molecule has 0 amide bonds. The molecule has 0 aliphatic carbocycles. The third-order valence-corrected chi connectivity index (χ3v) is 2.66. The molecule has 1 N–H and O–H groups in total. The molecular weight excluding hydrogens is 262 g/mol. The average Bonchev–Trinajstić information content (AvgIpc) is 2.20. The van der Waals surface area contributed by atoms with Crippen LogP contribution in [0.15, 0.2) is 22.7 Å². The van der Waals surface area contributed by atoms with Gasteiger partial charge in [0.15, 0.2) is 0 Å². The lowest BCUT2D eigenvalue weighted by molar-refractivity contribution is -0.385. The lowest BCUT2D eigenvalue weighted by Crippen LogP contribution is -2.10. The van der Waals surface area contributed by atoms with Crippen LogP contribution < -0.4 is 0 Å². The van der Waals surface area contributed by atoms with Crippen LogP contribution in [-0.4, -0.2) is 16.1 Å². The summed E-state index contributed by atoms with van der Waals surface area (Å²) in [6.45, 7) is 1.84. The van der Waals surface area contributed by atoms with E-state index in [0.29, 0.717) is 22.9 Å². The molecule has 1 aromatic rings. The number of nitrogens with zero attached hydrogens (tertiary/aromatic N) is 1. The zero-order chi connectivity index (χ0) is 11.4. The van der Waals surface area contributed by atoms with Crippen molar-refractivity contribution in [3.63, 3.8) is 0 Å². The first kappa shape index (κ1) is 12.1. The number of aliphatic hydroxyl groups excluding tert-OH is 1. The molecule has 82 valence electrons. The lowest BCUT2D eigenvalue weighted by atomic mass is 10.0. The number of hydrogen-bond donors (Lipinski definition) is 1. The summed E-state index contributed by atoms with van der Waals surface area (Å²) in [6.07, 6.45) is 0.387. The summed E-state index contributed by atoms with van der Waals surface area (Å²) in [5, 5.41) is 20.2. The second kappa shape index (κ2) is 5.23. The van der Waals surface area contributed by atoms with Crippen molar-refractivity contribution in [1.29, 1.82) is 0 Å². The van der Waals surface area contributed by atoms with Crippen molar-refractivity contribution in [1.82, 2.24) is 0 Å². The second-order valence-electron chi connectivity index (χ2n) is 3.30. The molecular formula is C10H12BrNO3. The van der Waals surface area contributed by atoms with Gasteiger partial charge in [-0.3, -0.25) is 10.1 Å². The summed E-state index contributed by atoms with van der Waals surface area (Å²) >= 11 is 3.18. The van der Waals surface area contributed by atoms with Gasteiger partial charge in [-0.1, -0.05) is 28.9 Å². The third-order valence-electron chi connectivity index (χ3n) is 2.17. The molecule has 0 radical (unpaired) electrons. The molecule has 15 heavy (non-hydrogen) atoms. The third kappa shape index (κ3) is 3.28. The highest BCUT2D eigenvalue weighted by Crippen LogP contribution is 2.24. The van der Waals surface area contributed by atoms with E-state index in [2.05, 4.69) is 15.9 Å². The Labute approximate surface area is 96.2 Å². The summed E-state index contributed by atoms with van der Waals surface area (Å²) in [5.41, 5.74) is 0.620. The van der Waals surface area contributed by atoms with Gasteiger partial charge >= 0.3 is 0 Å². The molecule has 0 bridgehead atoms. The van der Waals surface area contributed by atoms with E-state index in [1.54, 1.807) is 12.1 Å². The van der Waals surface area contributed by atoms with Crippen molar-refractivity contribution < 1.29 is 10.0 Å². The van der Waals surface area contributed by atoms with Crippen LogP contribution in [0.25, 0.3) is 0 Å². The highest BCUT2D eigenvalue weighted by molar-refractivity contribution is 9.10. The van der Waals surface area contributed by atoms with Gasteiger partial charge in [0.2, 0.25) is 0 Å². The second-order valence-corrected chi connectivity index (χ2v) is 4.21. The minimum atomic E-state index is -0.523. The molecule has 0 aliphatic rings. The van der Waals surface area contributed by atoms with Crippen LogP contribution in [0.4, 0.5) is 5.69 Å². The monoisotopic (exact) mass is 273 g/mol. The first-order valence-corrected chi connectivity index (χ1v) is 5.44. The van der Waals surface area contributed by atoms with Gasteiger partial charge < -0.3 is 5.11 Å². The molecule has 0 heterocycles. The van der Waals surface area contributed by atoms with Crippen molar-refractivity contribution >= 4 is 21.6 Å². The summed E-state index contributed by atoms with van der Waals surface area (Å²) in [4.78, 5) is 10.3. The van der Waals surface area contributed by atoms with E-state index in [4.69, 9.17) is 0 Å². The van der Waals surface area contributed by atoms with Crippen molar-refractivity contribution in [3.05, 3.63) is 38.3 Å². The normalized spacial score (nSPS) is 12.5. The lowest BCUT2D eigenvalue weighted by Gasteiger charge is -2.08. The fourth-order valence-electron chi connectivity index (χ4n) is 1.28. The Hall–Kier alpha value is -0.940. The molecule has 4 nitrogen and oxygen atoms in total. The number of benzene rings is 1. The van der Waals surface area contributed by atoms with Crippen molar-refractivity contribution in [3.8, 4) is 0 Å². The number of aliphatic hydroxyl groups is 1. The molecule has 0 aromatic heterocycles. The number of hydrogen-bond acceptors (Lipinski definition) is 3. The van der Waals surface area contributed by atoms with E-state index in [1.807, 2.05) is 6.92 Å². The first-order valence-electron chi connectivity index (χ1n) is 4.65. The van der Waals surface area contributed by atoms with Gasteiger partial charge in [-0.2, -0.15) is 0 Å². The molecule has 1 unspecified atom stereocenters. The summed E-state index contributed by atoms with van der Waals surface area (Å²) < 4.78 is 0.670. The van der Waals surface area contributed by atoms with E-state index in [9.17, 15) is 15.2 Å². The Morgan fingerprint density at radius 3 is 2.80 bits per heavy atom. The minimum Gasteiger partial charge on any atom is -0.393 e. The SMILES string of the molecule is CCC(O)Cc1ccc(Br)cc1[N+](=O)[O-]. The maximum absolute atomic E-state index is 10.7.